The second-order valence-corrected chi connectivity index (χ2v) is 6.29. The van der Waals surface area contributed by atoms with Crippen LogP contribution in [-0.4, -0.2) is 45.7 Å². The Balaban J connectivity index is 4.06. The fourth-order valence-corrected chi connectivity index (χ4v) is 3.41. The van der Waals surface area contributed by atoms with Gasteiger partial charge in [-0.05, 0) is 0 Å². The minimum absolute atomic E-state index is 0.0173. The summed E-state index contributed by atoms with van der Waals surface area (Å²) in [6, 6.07) is -2.29. The molecule has 10 heteroatoms. The number of carboxylic acids is 2. The van der Waals surface area contributed by atoms with Crippen molar-refractivity contribution < 1.29 is 19.8 Å². The van der Waals surface area contributed by atoms with Crippen molar-refractivity contribution in [1.82, 2.24) is 0 Å². The first-order valence-electron chi connectivity index (χ1n) is 4.03. The molecule has 0 saturated carbocycles. The van der Waals surface area contributed by atoms with Gasteiger partial charge in [-0.1, -0.05) is 4.91 Å². The molecule has 0 radical (unpaired) electrons. The fraction of sp³-hybridized carbons (Fsp3) is 0.667. The zero-order valence-corrected chi connectivity index (χ0v) is 9.74. The number of nitrogens with two attached hydrogens (primary N) is 2. The van der Waals surface area contributed by atoms with E-state index in [2.05, 4.69) is 4.58 Å². The molecule has 3 atom stereocenters. The minimum atomic E-state index is -1.23. The van der Waals surface area contributed by atoms with Gasteiger partial charge in [-0.25, -0.2) is 0 Å². The zero-order valence-electron chi connectivity index (χ0n) is 8.11. The maximum Gasteiger partial charge on any atom is 0.325 e. The maximum absolute atomic E-state index is 10.4. The lowest BCUT2D eigenvalue weighted by atomic mass is 10.4. The van der Waals surface area contributed by atoms with Crippen LogP contribution in [0.1, 0.15) is 0 Å². The Kier molecular flexibility index (Phi) is 7.05. The third-order valence-electron chi connectivity index (χ3n) is 1.42. The summed E-state index contributed by atoms with van der Waals surface area (Å²) >= 11 is 0. The van der Waals surface area contributed by atoms with Crippen LogP contribution < -0.4 is 11.5 Å². The highest BCUT2D eigenvalue weighted by Gasteiger charge is 2.31. The second kappa shape index (κ2) is 7.44. The highest BCUT2D eigenvalue weighted by atomic mass is 33.1. The summed E-state index contributed by atoms with van der Waals surface area (Å²) in [6.45, 7) is 0. The molecule has 0 aromatic carbocycles. The van der Waals surface area contributed by atoms with Crippen LogP contribution in [0.15, 0.2) is 4.58 Å². The molecule has 1 unspecified atom stereocenters. The van der Waals surface area contributed by atoms with E-state index >= 15 is 0 Å². The Bertz CT molecular complexity index is 277. The topological polar surface area (TPSA) is 156 Å². The largest absolute Gasteiger partial charge is 0.480 e. The van der Waals surface area contributed by atoms with Gasteiger partial charge in [-0.3, -0.25) is 9.59 Å². The molecule has 0 aliphatic rings. The van der Waals surface area contributed by atoms with Crippen LogP contribution in [0, 0.1) is 4.91 Å². The monoisotopic (exact) mass is 270 g/mol. The Labute approximate surface area is 97.6 Å². The van der Waals surface area contributed by atoms with Gasteiger partial charge in [0, 0.05) is 0 Å². The number of nitrogens with zero attached hydrogens (tertiary/aromatic N) is 1. The number of nitroso groups, excluding NO2 is 1. The van der Waals surface area contributed by atoms with E-state index in [1.54, 1.807) is 0 Å². The maximum atomic E-state index is 10.4. The van der Waals surface area contributed by atoms with E-state index in [0.29, 0.717) is 0 Å². The number of carbonyl (C=O) groups is 2. The molecule has 0 aromatic rings. The van der Waals surface area contributed by atoms with Gasteiger partial charge in [0.05, 0.1) is 5.75 Å². The van der Waals surface area contributed by atoms with Crippen LogP contribution in [0.2, 0.25) is 0 Å². The molecule has 0 rings (SSSR count). The van der Waals surface area contributed by atoms with E-state index in [4.69, 9.17) is 21.7 Å². The van der Waals surface area contributed by atoms with Crippen molar-refractivity contribution in [2.45, 2.75) is 12.1 Å². The first-order chi connectivity index (χ1) is 7.38. The van der Waals surface area contributed by atoms with Crippen molar-refractivity contribution in [1.29, 1.82) is 0 Å². The van der Waals surface area contributed by atoms with Crippen molar-refractivity contribution in [3.63, 3.8) is 0 Å². The molecule has 0 heterocycles. The standard InChI is InChI=1S/C6H11N3O5S2/c7-3(5(10)11)1-15-16(9-14)2-4(8)6(12)13/h3-4H,1-2,7-8H2,(H-,10,11,12,13)/p+1/t3-,4-,16?/m0/s1. The molecule has 0 bridgehead atoms. The van der Waals surface area contributed by atoms with Crippen molar-refractivity contribution in [2.24, 2.45) is 16.0 Å². The molecular formula is C6H12N3O5S2+. The van der Waals surface area contributed by atoms with Crippen LogP contribution >= 0.6 is 10.8 Å². The van der Waals surface area contributed by atoms with E-state index < -0.39 is 34.1 Å². The van der Waals surface area contributed by atoms with Gasteiger partial charge in [0.25, 0.3) is 0 Å². The lowest BCUT2D eigenvalue weighted by Crippen LogP contribution is -2.37. The summed E-state index contributed by atoms with van der Waals surface area (Å²) in [5, 5.41) is 17.0. The van der Waals surface area contributed by atoms with Gasteiger partial charge in [0.1, 0.15) is 16.8 Å². The van der Waals surface area contributed by atoms with Crippen LogP contribution in [0.25, 0.3) is 0 Å². The molecule has 0 spiro atoms. The Hall–Kier alpha value is -0.840. The Morgan fingerprint density at radius 3 is 2.12 bits per heavy atom. The smallest absolute Gasteiger partial charge is 0.325 e. The van der Waals surface area contributed by atoms with Crippen LogP contribution in [-0.2, 0) is 19.7 Å². The predicted octanol–water partition coefficient (Wildman–Crippen LogP) is -1.24. The van der Waals surface area contributed by atoms with E-state index in [9.17, 15) is 14.5 Å². The lowest BCUT2D eigenvalue weighted by Gasteiger charge is -2.04. The zero-order chi connectivity index (χ0) is 12.7. The summed E-state index contributed by atoms with van der Waals surface area (Å²) in [7, 11) is -0.279. The van der Waals surface area contributed by atoms with Gasteiger partial charge >= 0.3 is 11.9 Å². The molecule has 0 aliphatic heterocycles. The quantitative estimate of drug-likeness (QED) is 0.242. The average molecular weight is 270 g/mol. The number of hydrogen-bond donors (Lipinski definition) is 4. The number of hydrogen-bond acceptors (Lipinski definition) is 7. The minimum Gasteiger partial charge on any atom is -0.480 e. The Morgan fingerprint density at radius 1 is 1.25 bits per heavy atom. The van der Waals surface area contributed by atoms with E-state index in [1.807, 2.05) is 0 Å². The van der Waals surface area contributed by atoms with Crippen molar-refractivity contribution in [2.75, 3.05) is 11.5 Å². The number of aliphatic carboxylic acids is 2. The SMILES string of the molecule is N[C@@H](CS[S+](C[C@H](N)C(=O)O)N=O)C(=O)O. The van der Waals surface area contributed by atoms with Gasteiger partial charge < -0.3 is 21.7 Å². The second-order valence-electron chi connectivity index (χ2n) is 2.74. The Morgan fingerprint density at radius 2 is 1.75 bits per heavy atom. The van der Waals surface area contributed by atoms with Crippen molar-refractivity contribution in [3.8, 4) is 0 Å². The predicted molar refractivity (Wildman–Crippen MR) is 61.7 cm³/mol. The summed E-state index contributed by atoms with van der Waals surface area (Å²) in [5.74, 6) is -2.57. The first-order valence-corrected chi connectivity index (χ1v) is 6.88. The normalized spacial score (nSPS) is 16.1. The molecule has 0 aliphatic carbocycles. The van der Waals surface area contributed by atoms with Gasteiger partial charge in [0.15, 0.2) is 16.4 Å². The van der Waals surface area contributed by atoms with Gasteiger partial charge in [-0.15, -0.1) is 0 Å². The molecule has 0 saturated heterocycles. The number of rotatable bonds is 8. The van der Waals surface area contributed by atoms with Gasteiger partial charge in [-0.2, -0.15) is 0 Å². The van der Waals surface area contributed by atoms with Crippen LogP contribution in [0.5, 0.6) is 0 Å². The molecule has 92 valence electrons. The van der Waals surface area contributed by atoms with E-state index in [0.717, 1.165) is 10.8 Å². The molecule has 0 amide bonds. The summed E-state index contributed by atoms with van der Waals surface area (Å²) in [4.78, 5) is 31.1. The van der Waals surface area contributed by atoms with Crippen LogP contribution in [0.3, 0.4) is 0 Å². The molecule has 0 fully saturated rings. The van der Waals surface area contributed by atoms with Crippen molar-refractivity contribution >= 4 is 32.8 Å². The fourth-order valence-electron chi connectivity index (χ4n) is 0.548. The van der Waals surface area contributed by atoms with E-state index in [-0.39, 0.29) is 11.5 Å². The molecule has 8 nitrogen and oxygen atoms in total. The van der Waals surface area contributed by atoms with E-state index in [1.165, 1.54) is 0 Å². The summed E-state index contributed by atoms with van der Waals surface area (Å²) in [6.07, 6.45) is 0. The molecular weight excluding hydrogens is 258 g/mol. The average Bonchev–Trinajstić information content (AvgIpc) is 2.22. The molecule has 0 aromatic heterocycles. The lowest BCUT2D eigenvalue weighted by molar-refractivity contribution is -0.138. The highest BCUT2D eigenvalue weighted by Crippen LogP contribution is 2.19. The van der Waals surface area contributed by atoms with Crippen LogP contribution in [0.4, 0.5) is 0 Å². The van der Waals surface area contributed by atoms with Crippen molar-refractivity contribution in [3.05, 3.63) is 4.91 Å². The third-order valence-corrected chi connectivity index (χ3v) is 4.82. The molecule has 16 heavy (non-hydrogen) atoms. The third kappa shape index (κ3) is 5.90. The first kappa shape index (κ1) is 15.2. The summed E-state index contributed by atoms with van der Waals surface area (Å²) in [5.41, 5.74) is 10.4. The molecule has 6 N–H and O–H groups in total. The van der Waals surface area contributed by atoms with Gasteiger partial charge in [0.2, 0.25) is 10.1 Å². The number of carboxylic acid groups (broad SMARTS) is 2. The summed E-state index contributed by atoms with van der Waals surface area (Å²) < 4.78 is 2.69. The highest BCUT2D eigenvalue weighted by molar-refractivity contribution is 8.73.